The molecule has 0 saturated heterocycles. The van der Waals surface area contributed by atoms with Gasteiger partial charge in [0.15, 0.2) is 0 Å². The molecule has 1 aliphatic rings. The highest BCUT2D eigenvalue weighted by Gasteiger charge is 2.31. The van der Waals surface area contributed by atoms with E-state index in [1.165, 1.54) is 61.6 Å². The fourth-order valence-corrected chi connectivity index (χ4v) is 3.78. The summed E-state index contributed by atoms with van der Waals surface area (Å²) in [5.41, 5.74) is 4.31. The van der Waals surface area contributed by atoms with Crippen LogP contribution >= 0.6 is 0 Å². The van der Waals surface area contributed by atoms with Gasteiger partial charge >= 0.3 is 0 Å². The Balaban J connectivity index is 1.98. The summed E-state index contributed by atoms with van der Waals surface area (Å²) in [7, 11) is 0. The van der Waals surface area contributed by atoms with E-state index in [0.717, 1.165) is 12.2 Å². The molecular formula is C21H34O. The molecule has 0 fully saturated rings. The Morgan fingerprint density at radius 3 is 2.50 bits per heavy atom. The highest BCUT2D eigenvalue weighted by Crippen LogP contribution is 2.41. The number of hydrogen-bond donors (Lipinski definition) is 0. The highest BCUT2D eigenvalue weighted by molar-refractivity contribution is 5.46. The first kappa shape index (κ1) is 17.4. The van der Waals surface area contributed by atoms with Crippen molar-refractivity contribution in [2.24, 2.45) is 0 Å². The molecule has 0 saturated carbocycles. The maximum Gasteiger partial charge on any atom is 0.123 e. The van der Waals surface area contributed by atoms with E-state index in [-0.39, 0.29) is 5.60 Å². The quantitative estimate of drug-likeness (QED) is 0.518. The van der Waals surface area contributed by atoms with Gasteiger partial charge in [-0.05, 0) is 68.7 Å². The van der Waals surface area contributed by atoms with Gasteiger partial charge < -0.3 is 4.74 Å². The van der Waals surface area contributed by atoms with E-state index in [2.05, 4.69) is 46.8 Å². The predicted octanol–water partition coefficient (Wildman–Crippen LogP) is 6.56. The van der Waals surface area contributed by atoms with E-state index >= 15 is 0 Å². The van der Waals surface area contributed by atoms with Gasteiger partial charge in [-0.2, -0.15) is 0 Å². The maximum atomic E-state index is 6.24. The van der Waals surface area contributed by atoms with Crippen LogP contribution in [0.25, 0.3) is 0 Å². The lowest BCUT2D eigenvalue weighted by atomic mass is 9.84. The molecule has 124 valence electrons. The first-order valence-electron chi connectivity index (χ1n) is 9.25. The topological polar surface area (TPSA) is 9.23 Å². The zero-order chi connectivity index (χ0) is 16.2. The second-order valence-electron chi connectivity index (χ2n) is 7.80. The lowest BCUT2D eigenvalue weighted by Crippen LogP contribution is -2.34. The molecule has 1 heteroatoms. The molecule has 0 radical (unpaired) electrons. The van der Waals surface area contributed by atoms with Crippen molar-refractivity contribution in [1.82, 2.24) is 0 Å². The highest BCUT2D eigenvalue weighted by atomic mass is 16.5. The van der Waals surface area contributed by atoms with Crippen molar-refractivity contribution in [1.29, 1.82) is 0 Å². The van der Waals surface area contributed by atoms with Crippen molar-refractivity contribution < 1.29 is 4.74 Å². The van der Waals surface area contributed by atoms with Gasteiger partial charge in [-0.25, -0.2) is 0 Å². The van der Waals surface area contributed by atoms with E-state index in [0.29, 0.717) is 5.92 Å². The lowest BCUT2D eigenvalue weighted by Gasteiger charge is -2.37. The first-order valence-corrected chi connectivity index (χ1v) is 9.25. The van der Waals surface area contributed by atoms with E-state index in [1.807, 2.05) is 0 Å². The number of benzene rings is 1. The van der Waals surface area contributed by atoms with Gasteiger partial charge in [0.05, 0.1) is 0 Å². The van der Waals surface area contributed by atoms with Gasteiger partial charge in [-0.3, -0.25) is 0 Å². The van der Waals surface area contributed by atoms with Crippen molar-refractivity contribution in [2.45, 2.75) is 97.5 Å². The molecule has 1 aliphatic heterocycles. The van der Waals surface area contributed by atoms with Crippen LogP contribution in [-0.4, -0.2) is 5.60 Å². The van der Waals surface area contributed by atoms with Crippen LogP contribution in [0, 0.1) is 6.92 Å². The molecule has 0 bridgehead atoms. The lowest BCUT2D eigenvalue weighted by molar-refractivity contribution is 0.0745. The predicted molar refractivity (Wildman–Crippen MR) is 96.0 cm³/mol. The molecule has 1 aromatic carbocycles. The number of unbranched alkanes of at least 4 members (excludes halogenated alkanes) is 5. The maximum absolute atomic E-state index is 6.24. The normalized spacial score (nSPS) is 19.6. The molecule has 1 heterocycles. The molecule has 1 nitrogen and oxygen atoms in total. The third-order valence-corrected chi connectivity index (χ3v) is 4.98. The minimum atomic E-state index is -0.0287. The number of rotatable bonds is 7. The smallest absolute Gasteiger partial charge is 0.123 e. The SMILES string of the molecule is CCCCCCCCc1cc2c(cc1C)C(C)CC(C)(C)O2. The van der Waals surface area contributed by atoms with Crippen molar-refractivity contribution in [2.75, 3.05) is 0 Å². The molecule has 0 aromatic heterocycles. The Morgan fingerprint density at radius 1 is 1.09 bits per heavy atom. The van der Waals surface area contributed by atoms with Crippen LogP contribution < -0.4 is 4.74 Å². The van der Waals surface area contributed by atoms with Crippen molar-refractivity contribution in [3.8, 4) is 5.75 Å². The largest absolute Gasteiger partial charge is 0.488 e. The summed E-state index contributed by atoms with van der Waals surface area (Å²) in [5.74, 6) is 1.73. The average Bonchev–Trinajstić information content (AvgIpc) is 2.43. The fraction of sp³-hybridized carbons (Fsp3) is 0.714. The first-order chi connectivity index (χ1) is 10.4. The molecule has 0 spiro atoms. The Labute approximate surface area is 137 Å². The summed E-state index contributed by atoms with van der Waals surface area (Å²) in [6.45, 7) is 11.3. The van der Waals surface area contributed by atoms with Gasteiger partial charge in [-0.1, -0.05) is 52.0 Å². The molecule has 1 atom stereocenters. The van der Waals surface area contributed by atoms with Crippen LogP contribution in [-0.2, 0) is 6.42 Å². The van der Waals surface area contributed by atoms with Crippen LogP contribution in [0.15, 0.2) is 12.1 Å². The number of fused-ring (bicyclic) bond motifs is 1. The van der Waals surface area contributed by atoms with E-state index in [1.54, 1.807) is 0 Å². The molecule has 1 aromatic rings. The van der Waals surface area contributed by atoms with Gasteiger partial charge in [0.2, 0.25) is 0 Å². The number of hydrogen-bond acceptors (Lipinski definition) is 1. The number of aryl methyl sites for hydroxylation is 2. The van der Waals surface area contributed by atoms with Gasteiger partial charge in [0, 0.05) is 0 Å². The van der Waals surface area contributed by atoms with Crippen LogP contribution in [0.5, 0.6) is 5.75 Å². The molecule has 22 heavy (non-hydrogen) atoms. The molecule has 2 rings (SSSR count). The van der Waals surface area contributed by atoms with Crippen LogP contribution in [0.3, 0.4) is 0 Å². The third kappa shape index (κ3) is 4.51. The summed E-state index contributed by atoms with van der Waals surface area (Å²) in [6, 6.07) is 4.70. The van der Waals surface area contributed by atoms with E-state index in [9.17, 15) is 0 Å². The summed E-state index contributed by atoms with van der Waals surface area (Å²) in [4.78, 5) is 0. The van der Waals surface area contributed by atoms with Crippen LogP contribution in [0.4, 0.5) is 0 Å². The van der Waals surface area contributed by atoms with Crippen molar-refractivity contribution >= 4 is 0 Å². The van der Waals surface area contributed by atoms with E-state index < -0.39 is 0 Å². The Hall–Kier alpha value is -0.980. The monoisotopic (exact) mass is 302 g/mol. The van der Waals surface area contributed by atoms with Crippen molar-refractivity contribution in [3.05, 3.63) is 28.8 Å². The summed E-state index contributed by atoms with van der Waals surface area (Å²) in [5, 5.41) is 0. The van der Waals surface area contributed by atoms with Crippen LogP contribution in [0.2, 0.25) is 0 Å². The summed E-state index contributed by atoms with van der Waals surface area (Å²) < 4.78 is 6.24. The van der Waals surface area contributed by atoms with Gasteiger partial charge in [-0.15, -0.1) is 0 Å². The molecule has 0 aliphatic carbocycles. The minimum Gasteiger partial charge on any atom is -0.488 e. The Morgan fingerprint density at radius 2 is 1.77 bits per heavy atom. The van der Waals surface area contributed by atoms with Crippen LogP contribution in [0.1, 0.15) is 95.2 Å². The molecule has 0 amide bonds. The third-order valence-electron chi connectivity index (χ3n) is 4.98. The second kappa shape index (κ2) is 7.53. The Bertz CT molecular complexity index is 487. The molecule has 0 N–H and O–H groups in total. The van der Waals surface area contributed by atoms with Crippen molar-refractivity contribution in [3.63, 3.8) is 0 Å². The minimum absolute atomic E-state index is 0.0287. The summed E-state index contributed by atoms with van der Waals surface area (Å²) in [6.07, 6.45) is 10.5. The second-order valence-corrected chi connectivity index (χ2v) is 7.80. The summed E-state index contributed by atoms with van der Waals surface area (Å²) >= 11 is 0. The Kier molecular flexibility index (Phi) is 5.94. The van der Waals surface area contributed by atoms with E-state index in [4.69, 9.17) is 4.74 Å². The molecule has 1 unspecified atom stereocenters. The fourth-order valence-electron chi connectivity index (χ4n) is 3.78. The number of ether oxygens (including phenoxy) is 1. The van der Waals surface area contributed by atoms with Gasteiger partial charge in [0.25, 0.3) is 0 Å². The average molecular weight is 303 g/mol. The standard InChI is InChI=1S/C21H34O/c1-6-7-8-9-10-11-12-18-14-20-19(13-16(18)2)17(3)15-21(4,5)22-20/h13-14,17H,6-12,15H2,1-5H3. The zero-order valence-corrected chi connectivity index (χ0v) is 15.3. The van der Waals surface area contributed by atoms with Gasteiger partial charge in [0.1, 0.15) is 11.4 Å². The zero-order valence-electron chi connectivity index (χ0n) is 15.3. The molecular weight excluding hydrogens is 268 g/mol.